The molecule has 2 aliphatic rings. The first-order chi connectivity index (χ1) is 7.99. The molecule has 100 valence electrons. The van der Waals surface area contributed by atoms with Gasteiger partial charge in [-0.25, -0.2) is 0 Å². The number of rotatable bonds is 3. The highest BCUT2D eigenvalue weighted by atomic mass is 16.5. The molecule has 0 aromatic heterocycles. The molecule has 17 heavy (non-hydrogen) atoms. The molecule has 0 radical (unpaired) electrons. The lowest BCUT2D eigenvalue weighted by molar-refractivity contribution is 0.0216. The average Bonchev–Trinajstić information content (AvgIpc) is 2.29. The number of ether oxygens (including phenoxy) is 1. The minimum absolute atomic E-state index is 0.477. The largest absolute Gasteiger partial charge is 0.381 e. The van der Waals surface area contributed by atoms with E-state index >= 15 is 0 Å². The van der Waals surface area contributed by atoms with E-state index in [1.165, 1.54) is 45.1 Å². The topological polar surface area (TPSA) is 21.3 Å². The van der Waals surface area contributed by atoms with E-state index in [1.54, 1.807) is 0 Å². The van der Waals surface area contributed by atoms with Crippen molar-refractivity contribution in [1.82, 2.24) is 5.32 Å². The molecular formula is C15H29NO. The second-order valence-corrected chi connectivity index (χ2v) is 7.24. The standard InChI is InChI=1S/C15H29NO/c1-14(2)6-4-13(5-7-14)16-12-15(3)8-10-17-11-9-15/h13,16H,4-12H2,1-3H3. The minimum Gasteiger partial charge on any atom is -0.381 e. The summed E-state index contributed by atoms with van der Waals surface area (Å²) in [4.78, 5) is 0. The van der Waals surface area contributed by atoms with Crippen LogP contribution in [0.5, 0.6) is 0 Å². The second kappa shape index (κ2) is 5.27. The van der Waals surface area contributed by atoms with Crippen LogP contribution < -0.4 is 5.32 Å². The summed E-state index contributed by atoms with van der Waals surface area (Å²) in [6.07, 6.45) is 7.92. The van der Waals surface area contributed by atoms with Crippen molar-refractivity contribution in [3.05, 3.63) is 0 Å². The molecule has 0 spiro atoms. The Kier molecular flexibility index (Phi) is 4.14. The van der Waals surface area contributed by atoms with Crippen LogP contribution in [0, 0.1) is 10.8 Å². The number of hydrogen-bond acceptors (Lipinski definition) is 2. The summed E-state index contributed by atoms with van der Waals surface area (Å²) in [6.45, 7) is 10.3. The van der Waals surface area contributed by atoms with E-state index in [2.05, 4.69) is 26.1 Å². The van der Waals surface area contributed by atoms with Crippen molar-refractivity contribution in [3.8, 4) is 0 Å². The van der Waals surface area contributed by atoms with Crippen LogP contribution in [0.2, 0.25) is 0 Å². The summed E-state index contributed by atoms with van der Waals surface area (Å²) in [5.74, 6) is 0. The van der Waals surface area contributed by atoms with Crippen molar-refractivity contribution in [2.45, 2.75) is 65.3 Å². The molecule has 1 saturated heterocycles. The van der Waals surface area contributed by atoms with Gasteiger partial charge in [0.1, 0.15) is 0 Å². The fraction of sp³-hybridized carbons (Fsp3) is 1.00. The Labute approximate surface area is 107 Å². The van der Waals surface area contributed by atoms with Crippen LogP contribution in [0.1, 0.15) is 59.3 Å². The summed E-state index contributed by atoms with van der Waals surface area (Å²) in [5.41, 5.74) is 1.06. The molecular weight excluding hydrogens is 210 g/mol. The van der Waals surface area contributed by atoms with Crippen LogP contribution >= 0.6 is 0 Å². The molecule has 0 atom stereocenters. The molecule has 0 bridgehead atoms. The van der Waals surface area contributed by atoms with E-state index < -0.39 is 0 Å². The third-order valence-corrected chi connectivity index (χ3v) is 4.86. The van der Waals surface area contributed by atoms with Crippen molar-refractivity contribution in [2.24, 2.45) is 10.8 Å². The molecule has 1 heterocycles. The molecule has 0 unspecified atom stereocenters. The van der Waals surface area contributed by atoms with Crippen molar-refractivity contribution in [3.63, 3.8) is 0 Å². The van der Waals surface area contributed by atoms with Gasteiger partial charge in [0.25, 0.3) is 0 Å². The normalized spacial score (nSPS) is 29.1. The van der Waals surface area contributed by atoms with Gasteiger partial charge in [-0.15, -0.1) is 0 Å². The Morgan fingerprint density at radius 2 is 1.59 bits per heavy atom. The monoisotopic (exact) mass is 239 g/mol. The smallest absolute Gasteiger partial charge is 0.0471 e. The van der Waals surface area contributed by atoms with Crippen molar-refractivity contribution in [1.29, 1.82) is 0 Å². The van der Waals surface area contributed by atoms with Gasteiger partial charge in [-0.1, -0.05) is 20.8 Å². The van der Waals surface area contributed by atoms with Crippen LogP contribution in [0.15, 0.2) is 0 Å². The van der Waals surface area contributed by atoms with Crippen LogP contribution in [-0.4, -0.2) is 25.8 Å². The summed E-state index contributed by atoms with van der Waals surface area (Å²) in [5, 5.41) is 3.81. The van der Waals surface area contributed by atoms with E-state index in [0.29, 0.717) is 10.8 Å². The lowest BCUT2D eigenvalue weighted by Gasteiger charge is -2.38. The molecule has 1 aliphatic heterocycles. The zero-order chi connectivity index (χ0) is 12.4. The Bertz CT molecular complexity index is 233. The first-order valence-corrected chi connectivity index (χ1v) is 7.30. The van der Waals surface area contributed by atoms with E-state index in [9.17, 15) is 0 Å². The van der Waals surface area contributed by atoms with E-state index in [4.69, 9.17) is 4.74 Å². The highest BCUT2D eigenvalue weighted by Crippen LogP contribution is 2.36. The molecule has 2 rings (SSSR count). The number of hydrogen-bond donors (Lipinski definition) is 1. The van der Waals surface area contributed by atoms with E-state index in [1.807, 2.05) is 0 Å². The van der Waals surface area contributed by atoms with Gasteiger partial charge < -0.3 is 10.1 Å². The fourth-order valence-electron chi connectivity index (χ4n) is 3.04. The molecule has 2 fully saturated rings. The Balaban J connectivity index is 1.71. The van der Waals surface area contributed by atoms with Gasteiger partial charge in [-0.3, -0.25) is 0 Å². The summed E-state index contributed by atoms with van der Waals surface area (Å²) in [7, 11) is 0. The second-order valence-electron chi connectivity index (χ2n) is 7.24. The Morgan fingerprint density at radius 1 is 1.00 bits per heavy atom. The van der Waals surface area contributed by atoms with Crippen LogP contribution in [0.25, 0.3) is 0 Å². The number of nitrogens with one attached hydrogen (secondary N) is 1. The van der Waals surface area contributed by atoms with Gasteiger partial charge in [0.2, 0.25) is 0 Å². The maximum atomic E-state index is 5.46. The maximum Gasteiger partial charge on any atom is 0.0471 e. The molecule has 1 saturated carbocycles. The van der Waals surface area contributed by atoms with E-state index in [-0.39, 0.29) is 0 Å². The highest BCUT2D eigenvalue weighted by molar-refractivity contribution is 4.85. The SMILES string of the molecule is CC1(C)CCC(NCC2(C)CCOCC2)CC1. The van der Waals surface area contributed by atoms with Gasteiger partial charge in [0.15, 0.2) is 0 Å². The minimum atomic E-state index is 0.477. The molecule has 2 heteroatoms. The third kappa shape index (κ3) is 3.96. The summed E-state index contributed by atoms with van der Waals surface area (Å²) in [6, 6.07) is 0.766. The summed E-state index contributed by atoms with van der Waals surface area (Å²) >= 11 is 0. The first-order valence-electron chi connectivity index (χ1n) is 7.30. The Morgan fingerprint density at radius 3 is 2.18 bits per heavy atom. The first kappa shape index (κ1) is 13.4. The van der Waals surface area contributed by atoms with Crippen LogP contribution in [-0.2, 0) is 4.74 Å². The molecule has 0 aromatic rings. The van der Waals surface area contributed by atoms with Gasteiger partial charge >= 0.3 is 0 Å². The Hall–Kier alpha value is -0.0800. The van der Waals surface area contributed by atoms with Crippen LogP contribution in [0.4, 0.5) is 0 Å². The average molecular weight is 239 g/mol. The quantitative estimate of drug-likeness (QED) is 0.815. The van der Waals surface area contributed by atoms with Gasteiger partial charge in [0.05, 0.1) is 0 Å². The van der Waals surface area contributed by atoms with Crippen LogP contribution in [0.3, 0.4) is 0 Å². The predicted octanol–water partition coefficient (Wildman–Crippen LogP) is 3.36. The molecule has 1 aliphatic carbocycles. The highest BCUT2D eigenvalue weighted by Gasteiger charge is 2.30. The molecule has 2 nitrogen and oxygen atoms in total. The summed E-state index contributed by atoms with van der Waals surface area (Å²) < 4.78 is 5.46. The zero-order valence-corrected chi connectivity index (χ0v) is 11.8. The molecule has 0 amide bonds. The van der Waals surface area contributed by atoms with Crippen molar-refractivity contribution < 1.29 is 4.74 Å². The lowest BCUT2D eigenvalue weighted by atomic mass is 9.75. The van der Waals surface area contributed by atoms with E-state index in [0.717, 1.165) is 19.3 Å². The molecule has 0 aromatic carbocycles. The molecule has 1 N–H and O–H groups in total. The predicted molar refractivity (Wildman–Crippen MR) is 72.2 cm³/mol. The van der Waals surface area contributed by atoms with Gasteiger partial charge in [-0.05, 0) is 49.4 Å². The van der Waals surface area contributed by atoms with Crippen molar-refractivity contribution in [2.75, 3.05) is 19.8 Å². The van der Waals surface area contributed by atoms with Crippen molar-refractivity contribution >= 4 is 0 Å². The zero-order valence-electron chi connectivity index (χ0n) is 11.8. The van der Waals surface area contributed by atoms with Gasteiger partial charge in [-0.2, -0.15) is 0 Å². The maximum absolute atomic E-state index is 5.46. The fourth-order valence-corrected chi connectivity index (χ4v) is 3.04. The third-order valence-electron chi connectivity index (χ3n) is 4.86. The van der Waals surface area contributed by atoms with Gasteiger partial charge in [0, 0.05) is 25.8 Å². The lowest BCUT2D eigenvalue weighted by Crippen LogP contribution is -2.43.